The molecule has 2 rings (SSSR count). The molecule has 0 aliphatic heterocycles. The summed E-state index contributed by atoms with van der Waals surface area (Å²) in [5.41, 5.74) is 6.82. The number of benzene rings is 1. The zero-order valence-electron chi connectivity index (χ0n) is 10.3. The molecule has 0 aromatic heterocycles. The van der Waals surface area contributed by atoms with Crippen molar-refractivity contribution in [1.82, 2.24) is 0 Å². The lowest BCUT2D eigenvalue weighted by atomic mass is 9.68. The molecule has 3 N–H and O–H groups in total. The summed E-state index contributed by atoms with van der Waals surface area (Å²) < 4.78 is 0. The predicted molar refractivity (Wildman–Crippen MR) is 76.1 cm³/mol. The van der Waals surface area contributed by atoms with Crippen LogP contribution in [0.25, 0.3) is 0 Å². The summed E-state index contributed by atoms with van der Waals surface area (Å²) in [6, 6.07) is 5.65. The van der Waals surface area contributed by atoms with Crippen LogP contribution in [0.3, 0.4) is 0 Å². The summed E-state index contributed by atoms with van der Waals surface area (Å²) in [5, 5.41) is 11.4. The van der Waals surface area contributed by atoms with Crippen LogP contribution in [0.2, 0.25) is 10.0 Å². The van der Waals surface area contributed by atoms with Gasteiger partial charge < -0.3 is 10.8 Å². The highest BCUT2D eigenvalue weighted by atomic mass is 35.5. The Bertz CT molecular complexity index is 424. The third-order valence-electron chi connectivity index (χ3n) is 4.06. The molecule has 0 bridgehead atoms. The normalized spacial score (nSPS) is 28.3. The molecule has 0 saturated heterocycles. The van der Waals surface area contributed by atoms with Gasteiger partial charge in [-0.25, -0.2) is 0 Å². The summed E-state index contributed by atoms with van der Waals surface area (Å²) in [6.45, 7) is 0.508. The zero-order chi connectivity index (χ0) is 13.2. The number of halogens is 2. The predicted octanol–water partition coefficient (Wildman–Crippen LogP) is 3.42. The summed E-state index contributed by atoms with van der Waals surface area (Å²) in [5.74, 6) is 0. The van der Waals surface area contributed by atoms with Crippen molar-refractivity contribution in [3.8, 4) is 0 Å². The maximum absolute atomic E-state index is 10.3. The van der Waals surface area contributed by atoms with Gasteiger partial charge in [-0.05, 0) is 37.0 Å². The van der Waals surface area contributed by atoms with E-state index in [1.807, 2.05) is 12.1 Å². The van der Waals surface area contributed by atoms with Gasteiger partial charge in [-0.15, -0.1) is 0 Å². The van der Waals surface area contributed by atoms with E-state index in [2.05, 4.69) is 0 Å². The van der Waals surface area contributed by atoms with Crippen molar-refractivity contribution in [3.63, 3.8) is 0 Å². The number of rotatable bonds is 3. The third-order valence-corrected chi connectivity index (χ3v) is 4.79. The maximum atomic E-state index is 10.3. The Morgan fingerprint density at radius 2 is 2.06 bits per heavy atom. The molecule has 4 heteroatoms. The first-order valence-electron chi connectivity index (χ1n) is 6.39. The van der Waals surface area contributed by atoms with Gasteiger partial charge in [0.25, 0.3) is 0 Å². The lowest BCUT2D eigenvalue weighted by Gasteiger charge is -2.41. The van der Waals surface area contributed by atoms with E-state index in [0.717, 1.165) is 37.7 Å². The molecule has 1 saturated carbocycles. The fraction of sp³-hybridized carbons (Fsp3) is 0.571. The first kappa shape index (κ1) is 14.1. The number of nitrogens with two attached hydrogens (primary N) is 1. The smallest absolute Gasteiger partial charge is 0.0611 e. The molecule has 1 fully saturated rings. The Balaban J connectivity index is 2.21. The average Bonchev–Trinajstić information content (AvgIpc) is 2.37. The highest BCUT2D eigenvalue weighted by molar-refractivity contribution is 6.42. The van der Waals surface area contributed by atoms with Crippen molar-refractivity contribution in [2.45, 2.75) is 38.2 Å². The van der Waals surface area contributed by atoms with Crippen LogP contribution in [0.15, 0.2) is 18.2 Å². The monoisotopic (exact) mass is 287 g/mol. The van der Waals surface area contributed by atoms with Gasteiger partial charge in [0.15, 0.2) is 0 Å². The third kappa shape index (κ3) is 2.83. The van der Waals surface area contributed by atoms with Gasteiger partial charge in [0.1, 0.15) is 0 Å². The van der Waals surface area contributed by atoms with E-state index < -0.39 is 0 Å². The van der Waals surface area contributed by atoms with Gasteiger partial charge >= 0.3 is 0 Å². The number of hydrogen-bond acceptors (Lipinski definition) is 2. The number of aliphatic hydroxyl groups excluding tert-OH is 1. The van der Waals surface area contributed by atoms with Crippen molar-refractivity contribution >= 4 is 23.2 Å². The quantitative estimate of drug-likeness (QED) is 0.895. The molecule has 18 heavy (non-hydrogen) atoms. The Kier molecular flexibility index (Phi) is 4.54. The van der Waals surface area contributed by atoms with Crippen LogP contribution in [0.1, 0.15) is 31.2 Å². The summed E-state index contributed by atoms with van der Waals surface area (Å²) in [7, 11) is 0. The number of hydrogen-bond donors (Lipinski definition) is 2. The van der Waals surface area contributed by atoms with E-state index in [9.17, 15) is 5.11 Å². The minimum absolute atomic E-state index is 0.199. The first-order valence-corrected chi connectivity index (χ1v) is 7.15. The van der Waals surface area contributed by atoms with Gasteiger partial charge in [-0.3, -0.25) is 0 Å². The van der Waals surface area contributed by atoms with Crippen LogP contribution in [0.4, 0.5) is 0 Å². The molecule has 1 aromatic rings. The largest absolute Gasteiger partial charge is 0.392 e. The van der Waals surface area contributed by atoms with Gasteiger partial charge in [-0.1, -0.05) is 42.1 Å². The van der Waals surface area contributed by atoms with Crippen LogP contribution >= 0.6 is 23.2 Å². The van der Waals surface area contributed by atoms with Crippen molar-refractivity contribution in [3.05, 3.63) is 33.8 Å². The van der Waals surface area contributed by atoms with E-state index in [1.54, 1.807) is 6.07 Å². The van der Waals surface area contributed by atoms with Crippen LogP contribution in [0, 0.1) is 5.41 Å². The molecule has 2 nitrogen and oxygen atoms in total. The molecule has 2 atom stereocenters. The first-order chi connectivity index (χ1) is 8.57. The molecule has 100 valence electrons. The highest BCUT2D eigenvalue weighted by Crippen LogP contribution is 2.39. The van der Waals surface area contributed by atoms with E-state index in [0.29, 0.717) is 16.6 Å². The fourth-order valence-electron chi connectivity index (χ4n) is 2.86. The van der Waals surface area contributed by atoms with Crippen LogP contribution in [-0.2, 0) is 6.42 Å². The Labute approximate surface area is 118 Å². The van der Waals surface area contributed by atoms with Gasteiger partial charge in [0.2, 0.25) is 0 Å². The standard InChI is InChI=1S/C14H19Cl2NO/c15-11-5-4-10(7-12(11)16)8-14(9-17)6-2-1-3-13(14)18/h4-5,7,13,18H,1-3,6,8-9,17H2. The molecule has 0 amide bonds. The minimum atomic E-state index is -0.314. The summed E-state index contributed by atoms with van der Waals surface area (Å²) >= 11 is 11.9. The Morgan fingerprint density at radius 1 is 1.28 bits per heavy atom. The molecular weight excluding hydrogens is 269 g/mol. The molecule has 1 aromatic carbocycles. The highest BCUT2D eigenvalue weighted by Gasteiger charge is 2.38. The van der Waals surface area contributed by atoms with Crippen LogP contribution < -0.4 is 5.73 Å². The van der Waals surface area contributed by atoms with Crippen molar-refractivity contribution in [2.75, 3.05) is 6.54 Å². The van der Waals surface area contributed by atoms with Gasteiger partial charge in [-0.2, -0.15) is 0 Å². The van der Waals surface area contributed by atoms with E-state index in [-0.39, 0.29) is 11.5 Å². The van der Waals surface area contributed by atoms with E-state index in [4.69, 9.17) is 28.9 Å². The zero-order valence-corrected chi connectivity index (χ0v) is 11.8. The second kappa shape index (κ2) is 5.79. The maximum Gasteiger partial charge on any atom is 0.0611 e. The molecule has 2 unspecified atom stereocenters. The van der Waals surface area contributed by atoms with Crippen LogP contribution in [0.5, 0.6) is 0 Å². The Hall–Kier alpha value is -0.280. The lowest BCUT2D eigenvalue weighted by molar-refractivity contribution is -0.00584. The second-order valence-electron chi connectivity index (χ2n) is 5.25. The average molecular weight is 288 g/mol. The molecule has 1 aliphatic rings. The molecular formula is C14H19Cl2NO. The number of aliphatic hydroxyl groups is 1. The summed E-state index contributed by atoms with van der Waals surface area (Å²) in [6.07, 6.45) is 4.50. The molecule has 0 spiro atoms. The molecule has 0 heterocycles. The lowest BCUT2D eigenvalue weighted by Crippen LogP contribution is -2.45. The van der Waals surface area contributed by atoms with Crippen molar-refractivity contribution < 1.29 is 5.11 Å². The molecule has 0 radical (unpaired) electrons. The van der Waals surface area contributed by atoms with Crippen molar-refractivity contribution in [2.24, 2.45) is 11.1 Å². The van der Waals surface area contributed by atoms with E-state index in [1.165, 1.54) is 0 Å². The minimum Gasteiger partial charge on any atom is -0.392 e. The SMILES string of the molecule is NCC1(Cc2ccc(Cl)c(Cl)c2)CCCCC1O. The van der Waals surface area contributed by atoms with Crippen LogP contribution in [-0.4, -0.2) is 17.8 Å². The van der Waals surface area contributed by atoms with Crippen molar-refractivity contribution in [1.29, 1.82) is 0 Å². The molecule has 1 aliphatic carbocycles. The van der Waals surface area contributed by atoms with E-state index >= 15 is 0 Å². The summed E-state index contributed by atoms with van der Waals surface area (Å²) in [4.78, 5) is 0. The van der Waals surface area contributed by atoms with Gasteiger partial charge in [0.05, 0.1) is 16.1 Å². The van der Waals surface area contributed by atoms with Gasteiger partial charge in [0, 0.05) is 12.0 Å². The fourth-order valence-corrected chi connectivity index (χ4v) is 3.18. The Morgan fingerprint density at radius 3 is 2.67 bits per heavy atom. The second-order valence-corrected chi connectivity index (χ2v) is 6.07. The topological polar surface area (TPSA) is 46.2 Å².